The smallest absolute Gasteiger partial charge is 0.328 e. The van der Waals surface area contributed by atoms with Crippen molar-refractivity contribution in [3.05, 3.63) is 66.4 Å². The first-order valence-corrected chi connectivity index (χ1v) is 12.0. The van der Waals surface area contributed by atoms with Crippen molar-refractivity contribution in [2.75, 3.05) is 45.4 Å². The van der Waals surface area contributed by atoms with Gasteiger partial charge in [0.05, 0.1) is 44.6 Å². The van der Waals surface area contributed by atoms with Crippen molar-refractivity contribution in [1.29, 1.82) is 0 Å². The minimum absolute atomic E-state index is 0. The first-order chi connectivity index (χ1) is 19.1. The van der Waals surface area contributed by atoms with Crippen LogP contribution >= 0.6 is 0 Å². The number of carbonyl (C=O) groups is 3. The van der Waals surface area contributed by atoms with Crippen LogP contribution < -0.4 is 21.4 Å². The molecule has 16 heteroatoms. The van der Waals surface area contributed by atoms with Crippen molar-refractivity contribution in [3.63, 3.8) is 0 Å². The molecule has 0 fully saturated rings. The first kappa shape index (κ1) is 37.5. The maximum absolute atomic E-state index is 12.3. The number of methoxy groups -OCH3 is 1. The largest absolute Gasteiger partial charge is 0.585 e. The molecule has 41 heavy (non-hydrogen) atoms. The van der Waals surface area contributed by atoms with E-state index in [0.29, 0.717) is 25.2 Å². The second-order valence-corrected chi connectivity index (χ2v) is 8.40. The van der Waals surface area contributed by atoms with Crippen LogP contribution in [0.25, 0.3) is 11.5 Å². The zero-order valence-electron chi connectivity index (χ0n) is 22.5. The maximum atomic E-state index is 12.3. The number of hydrogen-bond acceptors (Lipinski definition) is 12. The number of pyridine rings is 2. The van der Waals surface area contributed by atoms with Crippen LogP contribution in [-0.4, -0.2) is 99.8 Å². The molecule has 9 N–H and O–H groups in total. The molecule has 15 nitrogen and oxygen atoms in total. The summed E-state index contributed by atoms with van der Waals surface area (Å²) in [5.41, 5.74) is 2.74. The Kier molecular flexibility index (Phi) is 18.6. The monoisotopic (exact) mass is 659 g/mol. The van der Waals surface area contributed by atoms with Crippen LogP contribution in [0.2, 0.25) is 0 Å². The van der Waals surface area contributed by atoms with Crippen molar-refractivity contribution in [1.82, 2.24) is 25.9 Å². The van der Waals surface area contributed by atoms with Crippen LogP contribution in [0.4, 0.5) is 5.82 Å². The van der Waals surface area contributed by atoms with E-state index in [9.17, 15) is 14.4 Å². The van der Waals surface area contributed by atoms with Gasteiger partial charge < -0.3 is 47.1 Å². The van der Waals surface area contributed by atoms with Crippen molar-refractivity contribution < 1.29 is 59.7 Å². The molecule has 1 radical (unpaired) electrons. The molecule has 1 atom stereocenters. The Balaban J connectivity index is 0.00000104. The van der Waals surface area contributed by atoms with Crippen LogP contribution in [0.1, 0.15) is 28.8 Å². The SMILES string of the molecule is C=C(NCCCC(NC(=O)c1ccc(N[NH-])nc1)C(=O)OC)c1cccnc1.O=C(O)CNC(CO)(CO)CO.[Tc]. The van der Waals surface area contributed by atoms with Crippen molar-refractivity contribution in [2.45, 2.75) is 24.4 Å². The van der Waals surface area contributed by atoms with Gasteiger partial charge >= 0.3 is 11.9 Å². The van der Waals surface area contributed by atoms with E-state index in [1.807, 2.05) is 12.1 Å². The molecular weight excluding hydrogens is 624 g/mol. The van der Waals surface area contributed by atoms with E-state index in [0.717, 1.165) is 11.3 Å². The minimum Gasteiger partial charge on any atom is -0.585 e. The van der Waals surface area contributed by atoms with Gasteiger partial charge in [0.2, 0.25) is 0 Å². The number of carboxylic acids is 1. The number of nitrogens with zero attached hydrogens (tertiary/aromatic N) is 2. The summed E-state index contributed by atoms with van der Waals surface area (Å²) in [6.45, 7) is 2.55. The van der Waals surface area contributed by atoms with E-state index >= 15 is 0 Å². The van der Waals surface area contributed by atoms with E-state index in [-0.39, 0.29) is 25.7 Å². The predicted octanol–water partition coefficient (Wildman–Crippen LogP) is -0.458. The number of ether oxygens (including phenoxy) is 1. The number of amides is 1. The van der Waals surface area contributed by atoms with Crippen molar-refractivity contribution >= 4 is 29.4 Å². The third-order valence-electron chi connectivity index (χ3n) is 5.49. The van der Waals surface area contributed by atoms with Crippen molar-refractivity contribution in [2.24, 2.45) is 0 Å². The average Bonchev–Trinajstić information content (AvgIpc) is 2.99. The quantitative estimate of drug-likeness (QED) is 0.0647. The summed E-state index contributed by atoms with van der Waals surface area (Å²) in [4.78, 5) is 42.4. The molecule has 0 saturated heterocycles. The molecule has 0 aliphatic carbocycles. The van der Waals surface area contributed by atoms with Gasteiger partial charge in [0.25, 0.3) is 5.91 Å². The molecule has 0 saturated carbocycles. The molecule has 2 rings (SSSR count). The van der Waals surface area contributed by atoms with E-state index in [4.69, 9.17) is 31.0 Å². The summed E-state index contributed by atoms with van der Waals surface area (Å²) in [7, 11) is 1.28. The number of aliphatic hydroxyl groups excluding tert-OH is 3. The molecule has 227 valence electrons. The standard InChI is InChI=1S/C19H23N6O3.C6H13NO5.Tc/c1-13(14-5-3-9-21-11-14)22-10-4-6-16(19(27)28-2)24-18(26)15-7-8-17(25-20)23-12-15;8-2-6(3-9,4-10)7-1-5(11)12;/h3,5,7-9,11-12,16,20,22H,1,4,6,10H2,2H3,(H2,23,24,25,26);7-10H,1-4H2,(H,11,12);/q-1;;. The molecule has 0 aromatic carbocycles. The van der Waals surface area contributed by atoms with Gasteiger partial charge in [-0.25, -0.2) is 9.78 Å². The minimum atomic E-state index is -1.31. The van der Waals surface area contributed by atoms with Crippen LogP contribution in [-0.2, 0) is 34.4 Å². The Labute approximate surface area is 250 Å². The first-order valence-electron chi connectivity index (χ1n) is 12.0. The van der Waals surface area contributed by atoms with Crippen LogP contribution in [0.3, 0.4) is 0 Å². The summed E-state index contributed by atoms with van der Waals surface area (Å²) in [6, 6.07) is 5.97. The molecule has 2 heterocycles. The fourth-order valence-corrected chi connectivity index (χ4v) is 3.00. The van der Waals surface area contributed by atoms with Gasteiger partial charge in [-0.05, 0) is 37.1 Å². The summed E-state index contributed by atoms with van der Waals surface area (Å²) in [6.07, 6.45) is 5.74. The van der Waals surface area contributed by atoms with Gasteiger partial charge in [0, 0.05) is 56.5 Å². The molecule has 1 amide bonds. The van der Waals surface area contributed by atoms with E-state index in [1.54, 1.807) is 12.4 Å². The number of carbonyl (C=O) groups excluding carboxylic acids is 2. The van der Waals surface area contributed by atoms with Crippen LogP contribution in [0.5, 0.6) is 0 Å². The Morgan fingerprint density at radius 1 is 1.10 bits per heavy atom. The van der Waals surface area contributed by atoms with Gasteiger partial charge in [-0.1, -0.05) is 6.58 Å². The van der Waals surface area contributed by atoms with Gasteiger partial charge in [0.1, 0.15) is 11.9 Å². The number of anilines is 1. The third-order valence-corrected chi connectivity index (χ3v) is 5.49. The molecule has 2 aromatic rings. The Bertz CT molecular complexity index is 1070. The summed E-state index contributed by atoms with van der Waals surface area (Å²) in [5.74, 6) is 5.26. The molecule has 2 aromatic heterocycles. The number of rotatable bonds is 16. The fourth-order valence-electron chi connectivity index (χ4n) is 3.00. The summed E-state index contributed by atoms with van der Waals surface area (Å²) in [5, 5.41) is 42.6. The zero-order chi connectivity index (χ0) is 30.0. The van der Waals surface area contributed by atoms with Crippen molar-refractivity contribution in [3.8, 4) is 0 Å². The number of esters is 1. The summed E-state index contributed by atoms with van der Waals surface area (Å²) < 4.78 is 4.78. The molecule has 1 unspecified atom stereocenters. The maximum Gasteiger partial charge on any atom is 0.328 e. The molecule has 0 aliphatic rings. The summed E-state index contributed by atoms with van der Waals surface area (Å²) >= 11 is 0. The Morgan fingerprint density at radius 2 is 1.78 bits per heavy atom. The van der Waals surface area contributed by atoms with E-state index in [1.165, 1.54) is 25.4 Å². The second-order valence-electron chi connectivity index (χ2n) is 8.40. The number of aliphatic hydroxyl groups is 3. The number of carboxylic acid groups (broad SMARTS) is 1. The van der Waals surface area contributed by atoms with Gasteiger partial charge in [0.15, 0.2) is 0 Å². The number of aromatic nitrogens is 2. The Morgan fingerprint density at radius 3 is 2.27 bits per heavy atom. The predicted molar refractivity (Wildman–Crippen MR) is 146 cm³/mol. The average molecular weight is 661 g/mol. The molecule has 0 bridgehead atoms. The van der Waals surface area contributed by atoms with E-state index < -0.39 is 55.8 Å². The van der Waals surface area contributed by atoms with Crippen LogP contribution in [0.15, 0.2) is 49.4 Å². The number of hydrogen-bond donors (Lipinski definition) is 8. The van der Waals surface area contributed by atoms with Gasteiger partial charge in [-0.3, -0.25) is 19.9 Å². The molecular formula is C25H36N7O8Tc-. The van der Waals surface area contributed by atoms with Crippen LogP contribution in [0, 0.1) is 0 Å². The normalized spacial score (nSPS) is 11.0. The van der Waals surface area contributed by atoms with E-state index in [2.05, 4.69) is 37.9 Å². The fraction of sp³-hybridized carbons (Fsp3) is 0.400. The molecule has 0 spiro atoms. The second kappa shape index (κ2) is 20.4. The molecule has 0 aliphatic heterocycles. The third kappa shape index (κ3) is 13.6. The topological polar surface area (TPSA) is 239 Å². The Hall–Kier alpha value is -3.50. The van der Waals surface area contributed by atoms with Gasteiger partial charge in [-0.15, -0.1) is 0 Å². The number of aliphatic carboxylic acids is 1. The van der Waals surface area contributed by atoms with Gasteiger partial charge in [-0.2, -0.15) is 0 Å². The number of nitrogens with one attached hydrogen (secondary N) is 5. The zero-order valence-corrected chi connectivity index (χ0v) is 24.3.